The number of aryl methyl sites for hydroxylation is 2. The molecule has 0 aliphatic rings. The van der Waals surface area contributed by atoms with Crippen LogP contribution < -0.4 is 10.0 Å². The summed E-state index contributed by atoms with van der Waals surface area (Å²) in [4.78, 5) is 0. The van der Waals surface area contributed by atoms with Gasteiger partial charge in [0.15, 0.2) is 0 Å². The highest BCUT2D eigenvalue weighted by molar-refractivity contribution is 7.92. The normalized spacial score (nSPS) is 11.5. The monoisotopic (exact) mass is 256 g/mol. The fraction of sp³-hybridized carbons (Fsp3) is 0.500. The van der Waals surface area contributed by atoms with Gasteiger partial charge >= 0.3 is 0 Å². The van der Waals surface area contributed by atoms with E-state index in [9.17, 15) is 8.42 Å². The Balaban J connectivity index is 2.76. The van der Waals surface area contributed by atoms with Crippen molar-refractivity contribution >= 4 is 15.7 Å². The van der Waals surface area contributed by atoms with Gasteiger partial charge in [-0.3, -0.25) is 4.72 Å². The number of benzene rings is 1. The molecule has 0 saturated heterocycles. The Hall–Kier alpha value is -1.07. The van der Waals surface area contributed by atoms with Crippen LogP contribution in [0.2, 0.25) is 0 Å². The highest BCUT2D eigenvalue weighted by Crippen LogP contribution is 2.20. The Morgan fingerprint density at radius 3 is 2.29 bits per heavy atom. The van der Waals surface area contributed by atoms with Crippen molar-refractivity contribution < 1.29 is 8.42 Å². The lowest BCUT2D eigenvalue weighted by Gasteiger charge is -2.13. The maximum atomic E-state index is 11.8. The topological polar surface area (TPSA) is 58.2 Å². The van der Waals surface area contributed by atoms with Gasteiger partial charge < -0.3 is 5.32 Å². The van der Waals surface area contributed by atoms with E-state index in [0.29, 0.717) is 12.2 Å². The first-order chi connectivity index (χ1) is 7.96. The first-order valence-corrected chi connectivity index (χ1v) is 7.39. The molecule has 0 fully saturated rings. The number of sulfonamides is 1. The van der Waals surface area contributed by atoms with E-state index in [2.05, 4.69) is 10.0 Å². The molecule has 17 heavy (non-hydrogen) atoms. The highest BCUT2D eigenvalue weighted by Gasteiger charge is 2.12. The van der Waals surface area contributed by atoms with E-state index < -0.39 is 10.0 Å². The second-order valence-electron chi connectivity index (χ2n) is 4.04. The molecule has 2 N–H and O–H groups in total. The van der Waals surface area contributed by atoms with E-state index in [1.54, 1.807) is 0 Å². The van der Waals surface area contributed by atoms with Crippen LogP contribution in [0.3, 0.4) is 0 Å². The zero-order valence-corrected chi connectivity index (χ0v) is 11.4. The van der Waals surface area contributed by atoms with Crippen LogP contribution >= 0.6 is 0 Å². The van der Waals surface area contributed by atoms with Crippen LogP contribution in [0.25, 0.3) is 0 Å². The van der Waals surface area contributed by atoms with Gasteiger partial charge in [-0.2, -0.15) is 0 Å². The van der Waals surface area contributed by atoms with Crippen molar-refractivity contribution in [1.82, 2.24) is 5.32 Å². The molecule has 0 amide bonds. The van der Waals surface area contributed by atoms with Crippen LogP contribution in [0, 0.1) is 13.8 Å². The number of hydrogen-bond donors (Lipinski definition) is 2. The largest absolute Gasteiger partial charge is 0.316 e. The fourth-order valence-electron chi connectivity index (χ4n) is 1.57. The van der Waals surface area contributed by atoms with Gasteiger partial charge in [-0.15, -0.1) is 0 Å². The standard InChI is InChI=1S/C12H20N2O2S/c1-4-13-8-9-17(15,16)14-12-10(2)6-5-7-11(12)3/h5-7,13-14H,4,8-9H2,1-3H3. The number of rotatable bonds is 6. The van der Waals surface area contributed by atoms with Gasteiger partial charge in [0.25, 0.3) is 0 Å². The van der Waals surface area contributed by atoms with E-state index in [4.69, 9.17) is 0 Å². The molecule has 0 saturated carbocycles. The third-order valence-electron chi connectivity index (χ3n) is 2.54. The van der Waals surface area contributed by atoms with E-state index >= 15 is 0 Å². The lowest BCUT2D eigenvalue weighted by Crippen LogP contribution is -2.27. The molecular formula is C12H20N2O2S. The van der Waals surface area contributed by atoms with Crippen molar-refractivity contribution in [3.63, 3.8) is 0 Å². The van der Waals surface area contributed by atoms with Gasteiger partial charge in [-0.1, -0.05) is 25.1 Å². The summed E-state index contributed by atoms with van der Waals surface area (Å²) in [5.74, 6) is 0.0919. The predicted molar refractivity (Wildman–Crippen MR) is 71.9 cm³/mol. The van der Waals surface area contributed by atoms with Crippen molar-refractivity contribution in [2.24, 2.45) is 0 Å². The van der Waals surface area contributed by atoms with Gasteiger partial charge in [0.1, 0.15) is 0 Å². The van der Waals surface area contributed by atoms with E-state index in [1.807, 2.05) is 39.0 Å². The van der Waals surface area contributed by atoms with Crippen LogP contribution in [0.1, 0.15) is 18.1 Å². The van der Waals surface area contributed by atoms with Crippen LogP contribution in [0.15, 0.2) is 18.2 Å². The summed E-state index contributed by atoms with van der Waals surface area (Å²) in [5, 5.41) is 3.00. The summed E-state index contributed by atoms with van der Waals surface area (Å²) >= 11 is 0. The van der Waals surface area contributed by atoms with Crippen LogP contribution in [0.4, 0.5) is 5.69 Å². The molecule has 0 aromatic heterocycles. The van der Waals surface area contributed by atoms with Crippen LogP contribution in [0.5, 0.6) is 0 Å². The average molecular weight is 256 g/mol. The van der Waals surface area contributed by atoms with Gasteiger partial charge in [0.05, 0.1) is 11.4 Å². The number of hydrogen-bond acceptors (Lipinski definition) is 3. The first-order valence-electron chi connectivity index (χ1n) is 5.73. The second kappa shape index (κ2) is 6.02. The molecule has 1 aromatic carbocycles. The zero-order chi connectivity index (χ0) is 12.9. The molecular weight excluding hydrogens is 236 g/mol. The second-order valence-corrected chi connectivity index (χ2v) is 5.88. The highest BCUT2D eigenvalue weighted by atomic mass is 32.2. The third-order valence-corrected chi connectivity index (χ3v) is 3.79. The van der Waals surface area contributed by atoms with Crippen molar-refractivity contribution in [3.8, 4) is 0 Å². The summed E-state index contributed by atoms with van der Waals surface area (Å²) in [5.41, 5.74) is 2.58. The van der Waals surface area contributed by atoms with Gasteiger partial charge in [-0.25, -0.2) is 8.42 Å². The van der Waals surface area contributed by atoms with Crippen LogP contribution in [-0.2, 0) is 10.0 Å². The molecule has 0 aliphatic heterocycles. The summed E-state index contributed by atoms with van der Waals surface area (Å²) < 4.78 is 26.3. The smallest absolute Gasteiger partial charge is 0.233 e. The molecule has 1 rings (SSSR count). The summed E-state index contributed by atoms with van der Waals surface area (Å²) in [7, 11) is -3.26. The Morgan fingerprint density at radius 1 is 1.18 bits per heavy atom. The maximum absolute atomic E-state index is 11.8. The molecule has 0 heterocycles. The summed E-state index contributed by atoms with van der Waals surface area (Å²) in [6, 6.07) is 5.71. The van der Waals surface area contributed by atoms with E-state index in [-0.39, 0.29) is 5.75 Å². The molecule has 1 aromatic rings. The number of para-hydroxylation sites is 1. The predicted octanol–water partition coefficient (Wildman–Crippen LogP) is 1.65. The SMILES string of the molecule is CCNCCS(=O)(=O)Nc1c(C)cccc1C. The molecule has 4 nitrogen and oxygen atoms in total. The van der Waals surface area contributed by atoms with Gasteiger partial charge in [-0.05, 0) is 31.5 Å². The third kappa shape index (κ3) is 4.36. The zero-order valence-electron chi connectivity index (χ0n) is 10.6. The fourth-order valence-corrected chi connectivity index (χ4v) is 2.71. The van der Waals surface area contributed by atoms with Gasteiger partial charge in [0.2, 0.25) is 10.0 Å². The number of anilines is 1. The van der Waals surface area contributed by atoms with E-state index in [1.165, 1.54) is 0 Å². The van der Waals surface area contributed by atoms with Crippen molar-refractivity contribution in [2.45, 2.75) is 20.8 Å². The Morgan fingerprint density at radius 2 is 1.76 bits per heavy atom. The Kier molecular flexibility index (Phi) is 4.96. The lowest BCUT2D eigenvalue weighted by molar-refractivity contribution is 0.597. The maximum Gasteiger partial charge on any atom is 0.233 e. The van der Waals surface area contributed by atoms with Crippen LogP contribution in [-0.4, -0.2) is 27.3 Å². The summed E-state index contributed by atoms with van der Waals surface area (Å²) in [6.45, 7) is 6.99. The molecule has 0 bridgehead atoms. The molecule has 0 spiro atoms. The van der Waals surface area contributed by atoms with Crippen molar-refractivity contribution in [3.05, 3.63) is 29.3 Å². The Bertz CT molecular complexity index is 449. The van der Waals surface area contributed by atoms with Gasteiger partial charge in [0, 0.05) is 6.54 Å². The molecule has 0 atom stereocenters. The molecule has 96 valence electrons. The Labute approximate surface area is 103 Å². The molecule has 5 heteroatoms. The van der Waals surface area contributed by atoms with Crippen molar-refractivity contribution in [2.75, 3.05) is 23.6 Å². The lowest BCUT2D eigenvalue weighted by atomic mass is 10.1. The first kappa shape index (κ1) is 14.0. The van der Waals surface area contributed by atoms with E-state index in [0.717, 1.165) is 17.7 Å². The minimum atomic E-state index is -3.26. The number of nitrogens with one attached hydrogen (secondary N) is 2. The molecule has 0 aliphatic carbocycles. The van der Waals surface area contributed by atoms with Crippen molar-refractivity contribution in [1.29, 1.82) is 0 Å². The minimum Gasteiger partial charge on any atom is -0.316 e. The average Bonchev–Trinajstić information content (AvgIpc) is 2.24. The quantitative estimate of drug-likeness (QED) is 0.761. The molecule has 0 radical (unpaired) electrons. The molecule has 0 unspecified atom stereocenters. The summed E-state index contributed by atoms with van der Waals surface area (Å²) in [6.07, 6.45) is 0. The minimum absolute atomic E-state index is 0.0919.